The van der Waals surface area contributed by atoms with Gasteiger partial charge in [-0.1, -0.05) is 30.7 Å². The Bertz CT molecular complexity index is 602. The molecule has 20 heavy (non-hydrogen) atoms. The van der Waals surface area contributed by atoms with Crippen molar-refractivity contribution in [3.63, 3.8) is 0 Å². The lowest BCUT2D eigenvalue weighted by molar-refractivity contribution is 0.354. The average Bonchev–Trinajstić information content (AvgIpc) is 3.10. The third kappa shape index (κ3) is 2.22. The minimum atomic E-state index is 0.789. The van der Waals surface area contributed by atoms with Crippen LogP contribution in [0.25, 0.3) is 10.9 Å². The summed E-state index contributed by atoms with van der Waals surface area (Å²) in [5.41, 5.74) is 2.54. The van der Waals surface area contributed by atoms with Crippen LogP contribution in [0.1, 0.15) is 31.2 Å². The monoisotopic (exact) mass is 266 g/mol. The highest BCUT2D eigenvalue weighted by Gasteiger charge is 2.38. The van der Waals surface area contributed by atoms with E-state index in [4.69, 9.17) is 0 Å². The lowest BCUT2D eigenvalue weighted by Gasteiger charge is -2.23. The molecule has 0 saturated heterocycles. The summed E-state index contributed by atoms with van der Waals surface area (Å²) < 4.78 is 0. The third-order valence-electron chi connectivity index (χ3n) is 5.26. The molecule has 2 aromatic rings. The van der Waals surface area contributed by atoms with Crippen molar-refractivity contribution in [1.29, 1.82) is 0 Å². The fourth-order valence-electron chi connectivity index (χ4n) is 4.26. The van der Waals surface area contributed by atoms with Gasteiger partial charge in [-0.25, -0.2) is 0 Å². The smallest absolute Gasteiger partial charge is 0.0734 e. The van der Waals surface area contributed by atoms with E-state index in [1.807, 2.05) is 12.3 Å². The molecule has 104 valence electrons. The molecular formula is C18H22N2. The molecule has 4 rings (SSSR count). The molecule has 0 radical (unpaired) electrons. The van der Waals surface area contributed by atoms with Gasteiger partial charge in [0.1, 0.15) is 0 Å². The van der Waals surface area contributed by atoms with Crippen LogP contribution in [-0.4, -0.2) is 17.6 Å². The summed E-state index contributed by atoms with van der Waals surface area (Å²) >= 11 is 0. The Morgan fingerprint density at radius 3 is 2.90 bits per heavy atom. The second-order valence-corrected chi connectivity index (χ2v) is 6.48. The highest BCUT2D eigenvalue weighted by atomic mass is 14.9. The molecule has 2 aliphatic carbocycles. The van der Waals surface area contributed by atoms with Crippen LogP contribution in [0.5, 0.6) is 0 Å². The van der Waals surface area contributed by atoms with Crippen LogP contribution in [0.15, 0.2) is 36.5 Å². The minimum absolute atomic E-state index is 0.789. The van der Waals surface area contributed by atoms with E-state index < -0.39 is 0 Å². The first-order chi connectivity index (χ1) is 9.90. The maximum absolute atomic E-state index is 4.54. The van der Waals surface area contributed by atoms with Gasteiger partial charge < -0.3 is 5.32 Å². The van der Waals surface area contributed by atoms with Crippen molar-refractivity contribution in [1.82, 2.24) is 10.3 Å². The van der Waals surface area contributed by atoms with E-state index in [1.165, 1.54) is 42.1 Å². The lowest BCUT2D eigenvalue weighted by atomic mass is 9.95. The fraction of sp³-hybridized carbons (Fsp3) is 0.500. The van der Waals surface area contributed by atoms with E-state index in [1.54, 1.807) is 0 Å². The highest BCUT2D eigenvalue weighted by Crippen LogP contribution is 2.44. The van der Waals surface area contributed by atoms with Crippen LogP contribution in [-0.2, 0) is 6.42 Å². The van der Waals surface area contributed by atoms with Crippen LogP contribution < -0.4 is 5.32 Å². The quantitative estimate of drug-likeness (QED) is 0.915. The summed E-state index contributed by atoms with van der Waals surface area (Å²) in [6.45, 7) is 1.09. The van der Waals surface area contributed by atoms with E-state index in [2.05, 4.69) is 34.6 Å². The maximum atomic E-state index is 4.54. The first-order valence-electron chi connectivity index (χ1n) is 7.96. The first-order valence-corrected chi connectivity index (χ1v) is 7.96. The Morgan fingerprint density at radius 2 is 2.05 bits per heavy atom. The molecule has 0 amide bonds. The molecule has 2 fully saturated rings. The van der Waals surface area contributed by atoms with Gasteiger partial charge in [0.05, 0.1) is 5.52 Å². The standard InChI is InChI=1S/C18H22N2/c1-3-14-5-2-9-20-18(14)15(4-1)8-10-19-17-12-13-6-7-16(17)11-13/h1-5,9,13,16-17,19H,6-8,10-12H2. The van der Waals surface area contributed by atoms with E-state index in [9.17, 15) is 0 Å². The summed E-state index contributed by atoms with van der Waals surface area (Å²) in [5.74, 6) is 1.99. The van der Waals surface area contributed by atoms with Crippen LogP contribution in [0, 0.1) is 11.8 Å². The number of nitrogens with zero attached hydrogens (tertiary/aromatic N) is 1. The fourth-order valence-corrected chi connectivity index (χ4v) is 4.26. The minimum Gasteiger partial charge on any atom is -0.313 e. The van der Waals surface area contributed by atoms with Gasteiger partial charge in [-0.3, -0.25) is 4.98 Å². The molecule has 2 saturated carbocycles. The van der Waals surface area contributed by atoms with Gasteiger partial charge in [-0.05, 0) is 55.7 Å². The topological polar surface area (TPSA) is 24.9 Å². The van der Waals surface area contributed by atoms with Gasteiger partial charge in [0.25, 0.3) is 0 Å². The predicted molar refractivity (Wildman–Crippen MR) is 82.7 cm³/mol. The molecule has 1 aromatic carbocycles. The number of rotatable bonds is 4. The van der Waals surface area contributed by atoms with E-state index in [0.29, 0.717) is 0 Å². The Hall–Kier alpha value is -1.41. The Morgan fingerprint density at radius 1 is 1.10 bits per heavy atom. The summed E-state index contributed by atoms with van der Waals surface area (Å²) in [5, 5.41) is 5.05. The zero-order chi connectivity index (χ0) is 13.4. The normalized spacial score (nSPS) is 28.3. The van der Waals surface area contributed by atoms with Crippen molar-refractivity contribution in [3.05, 3.63) is 42.1 Å². The number of fused-ring (bicyclic) bond motifs is 3. The van der Waals surface area contributed by atoms with Crippen LogP contribution in [0.3, 0.4) is 0 Å². The number of nitrogens with one attached hydrogen (secondary N) is 1. The second-order valence-electron chi connectivity index (χ2n) is 6.48. The highest BCUT2D eigenvalue weighted by molar-refractivity contribution is 5.81. The molecule has 2 nitrogen and oxygen atoms in total. The van der Waals surface area contributed by atoms with Crippen molar-refractivity contribution in [3.8, 4) is 0 Å². The van der Waals surface area contributed by atoms with E-state index >= 15 is 0 Å². The van der Waals surface area contributed by atoms with Crippen molar-refractivity contribution in [2.45, 2.75) is 38.1 Å². The molecule has 1 N–H and O–H groups in total. The molecule has 1 aromatic heterocycles. The van der Waals surface area contributed by atoms with Gasteiger partial charge in [0.2, 0.25) is 0 Å². The van der Waals surface area contributed by atoms with Gasteiger partial charge in [0, 0.05) is 17.6 Å². The summed E-state index contributed by atoms with van der Waals surface area (Å²) in [7, 11) is 0. The number of hydrogen-bond donors (Lipinski definition) is 1. The Kier molecular flexibility index (Phi) is 3.19. The van der Waals surface area contributed by atoms with Gasteiger partial charge in [-0.15, -0.1) is 0 Å². The Balaban J connectivity index is 1.41. The predicted octanol–water partition coefficient (Wildman–Crippen LogP) is 3.56. The molecule has 0 aliphatic heterocycles. The summed E-state index contributed by atoms with van der Waals surface area (Å²) in [6, 6.07) is 11.5. The van der Waals surface area contributed by atoms with Crippen molar-refractivity contribution in [2.75, 3.05) is 6.54 Å². The lowest BCUT2D eigenvalue weighted by Crippen LogP contribution is -2.35. The van der Waals surface area contributed by atoms with Crippen molar-refractivity contribution in [2.24, 2.45) is 11.8 Å². The molecule has 3 unspecified atom stereocenters. The number of para-hydroxylation sites is 1. The van der Waals surface area contributed by atoms with E-state index in [-0.39, 0.29) is 0 Å². The summed E-state index contributed by atoms with van der Waals surface area (Å²) in [6.07, 6.45) is 8.82. The van der Waals surface area contributed by atoms with Crippen molar-refractivity contribution >= 4 is 10.9 Å². The molecule has 2 aliphatic rings. The molecule has 1 heterocycles. The second kappa shape index (κ2) is 5.17. The molecular weight excluding hydrogens is 244 g/mol. The van der Waals surface area contributed by atoms with Crippen LogP contribution in [0.2, 0.25) is 0 Å². The molecule has 0 spiro atoms. The van der Waals surface area contributed by atoms with Crippen LogP contribution >= 0.6 is 0 Å². The number of pyridine rings is 1. The Labute approximate surface area is 120 Å². The first kappa shape index (κ1) is 12.3. The molecule has 2 bridgehead atoms. The largest absolute Gasteiger partial charge is 0.313 e. The molecule has 3 atom stereocenters. The number of aromatic nitrogens is 1. The van der Waals surface area contributed by atoms with Crippen LogP contribution in [0.4, 0.5) is 0 Å². The summed E-state index contributed by atoms with van der Waals surface area (Å²) in [4.78, 5) is 4.54. The van der Waals surface area contributed by atoms with E-state index in [0.717, 1.165) is 30.8 Å². The maximum Gasteiger partial charge on any atom is 0.0734 e. The third-order valence-corrected chi connectivity index (χ3v) is 5.26. The van der Waals surface area contributed by atoms with Gasteiger partial charge in [0.15, 0.2) is 0 Å². The van der Waals surface area contributed by atoms with Gasteiger partial charge >= 0.3 is 0 Å². The van der Waals surface area contributed by atoms with Gasteiger partial charge in [-0.2, -0.15) is 0 Å². The number of hydrogen-bond acceptors (Lipinski definition) is 2. The van der Waals surface area contributed by atoms with Crippen molar-refractivity contribution < 1.29 is 0 Å². The zero-order valence-electron chi connectivity index (χ0n) is 11.9. The molecule has 2 heteroatoms. The number of benzene rings is 1. The zero-order valence-corrected chi connectivity index (χ0v) is 11.9. The SMILES string of the molecule is c1cnc2c(CCNC3CC4CCC3C4)cccc2c1. The average molecular weight is 266 g/mol.